The van der Waals surface area contributed by atoms with Gasteiger partial charge in [0.1, 0.15) is 36.2 Å². The largest absolute Gasteiger partial charge is 0.494 e. The van der Waals surface area contributed by atoms with E-state index in [2.05, 4.69) is 12.1 Å². The van der Waals surface area contributed by atoms with Gasteiger partial charge in [-0.15, -0.1) is 0 Å². The fraction of sp³-hybridized carbons (Fsp3) is 0.271. The van der Waals surface area contributed by atoms with E-state index in [-0.39, 0.29) is 42.9 Å². The second kappa shape index (κ2) is 15.4. The zero-order valence-electron chi connectivity index (χ0n) is 32.9. The highest BCUT2D eigenvalue weighted by atomic mass is 16.5. The zero-order chi connectivity index (χ0) is 39.9. The summed E-state index contributed by atoms with van der Waals surface area (Å²) in [6.07, 6.45) is 7.24. The quantitative estimate of drug-likeness (QED) is 0.117. The number of amides is 2. The number of carbonyl (C=O) groups excluding carboxylic acids is 3. The molecular weight excluding hydrogens is 729 g/mol. The van der Waals surface area contributed by atoms with Crippen molar-refractivity contribution in [2.75, 3.05) is 16.4 Å². The summed E-state index contributed by atoms with van der Waals surface area (Å²) in [7, 11) is 0. The molecule has 2 atom stereocenters. The van der Waals surface area contributed by atoms with Crippen LogP contribution in [0.1, 0.15) is 80.3 Å². The number of aryl methyl sites for hydroxylation is 2. The number of unbranched alkanes of at least 4 members (excludes halogenated alkanes) is 1. The lowest BCUT2D eigenvalue weighted by molar-refractivity contribution is -0.117. The van der Waals surface area contributed by atoms with Gasteiger partial charge in [0.05, 0.1) is 41.2 Å². The van der Waals surface area contributed by atoms with Gasteiger partial charge in [-0.05, 0) is 109 Å². The van der Waals surface area contributed by atoms with Crippen LogP contribution in [0.5, 0.6) is 17.2 Å². The Hall–Kier alpha value is -6.55. The van der Waals surface area contributed by atoms with E-state index in [1.54, 1.807) is 6.92 Å². The second-order valence-electron chi connectivity index (χ2n) is 15.5. The molecule has 292 valence electrons. The molecule has 0 bridgehead atoms. The van der Waals surface area contributed by atoms with Gasteiger partial charge in [0.15, 0.2) is 0 Å². The maximum absolute atomic E-state index is 13.9. The lowest BCUT2D eigenvalue weighted by Crippen LogP contribution is -2.37. The third-order valence-electron chi connectivity index (χ3n) is 11.3. The molecule has 10 heteroatoms. The molecule has 0 saturated carbocycles. The Balaban J connectivity index is 0.934. The van der Waals surface area contributed by atoms with E-state index in [1.165, 1.54) is 0 Å². The van der Waals surface area contributed by atoms with Crippen LogP contribution in [0.25, 0.3) is 0 Å². The Bertz CT molecular complexity index is 2380. The van der Waals surface area contributed by atoms with E-state index in [9.17, 15) is 14.4 Å². The first-order valence-corrected chi connectivity index (χ1v) is 19.9. The lowest BCUT2D eigenvalue weighted by atomic mass is 10.1. The number of aliphatic imine (C=N–C) groups is 2. The number of hydrogen-bond donors (Lipinski definition) is 0. The number of rotatable bonds is 12. The number of ether oxygens (including phenoxy) is 3. The van der Waals surface area contributed by atoms with E-state index in [0.717, 1.165) is 70.4 Å². The number of para-hydroxylation sites is 2. The summed E-state index contributed by atoms with van der Waals surface area (Å²) in [5.41, 5.74) is 9.84. The molecule has 0 N–H and O–H groups in total. The molecule has 0 fully saturated rings. The predicted octanol–water partition coefficient (Wildman–Crippen LogP) is 9.17. The summed E-state index contributed by atoms with van der Waals surface area (Å²) in [6, 6.07) is 29.2. The van der Waals surface area contributed by atoms with E-state index >= 15 is 0 Å². The topological polar surface area (TPSA) is 110 Å². The summed E-state index contributed by atoms with van der Waals surface area (Å²) in [6.45, 7) is 6.43. The van der Waals surface area contributed by atoms with Crippen LogP contribution in [0.2, 0.25) is 0 Å². The second-order valence-corrected chi connectivity index (χ2v) is 15.5. The fourth-order valence-corrected chi connectivity index (χ4v) is 8.37. The van der Waals surface area contributed by atoms with Gasteiger partial charge in [0, 0.05) is 55.2 Å². The molecule has 9 rings (SSSR count). The van der Waals surface area contributed by atoms with E-state index in [4.69, 9.17) is 24.2 Å². The highest BCUT2D eigenvalue weighted by Crippen LogP contribution is 2.40. The van der Waals surface area contributed by atoms with Crippen LogP contribution in [0.3, 0.4) is 0 Å². The van der Waals surface area contributed by atoms with Crippen LogP contribution in [0.15, 0.2) is 101 Å². The molecule has 4 aliphatic rings. The first-order valence-electron chi connectivity index (χ1n) is 19.9. The van der Waals surface area contributed by atoms with Gasteiger partial charge in [-0.2, -0.15) is 0 Å². The van der Waals surface area contributed by atoms with Crippen LogP contribution in [0.4, 0.5) is 22.7 Å². The number of fused-ring (bicyclic) bond motifs is 8. The summed E-state index contributed by atoms with van der Waals surface area (Å²) in [5.74, 6) is 1.99. The Morgan fingerprint density at radius 1 is 0.655 bits per heavy atom. The standard InChI is InChI=1S/C48H44N4O6/c1-29-16-39-41(49-25-36-21-34-11-4-6-13-43(34)51(36)47(39)54)23-45(29)57-27-32-18-33(20-38(19-32)56-15-9-8-10-31(3)53)28-58-46-24-42-40(17-30(46)2)48(55)52-37(26-50-42)22-35-12-5-7-14-44(35)52/h4-7,11-14,16-20,23-26,36-37H,8-10,15,21-22,27-28H2,1-3H3/t36-,37-/m0/s1. The van der Waals surface area contributed by atoms with Gasteiger partial charge in [-0.1, -0.05) is 36.4 Å². The summed E-state index contributed by atoms with van der Waals surface area (Å²) < 4.78 is 19.1. The Labute approximate surface area is 337 Å². The van der Waals surface area contributed by atoms with E-state index in [0.29, 0.717) is 52.8 Å². The van der Waals surface area contributed by atoms with Gasteiger partial charge in [-0.25, -0.2) is 0 Å². The van der Waals surface area contributed by atoms with Crippen molar-refractivity contribution in [3.05, 3.63) is 136 Å². The Kier molecular flexibility index (Phi) is 9.85. The third kappa shape index (κ3) is 7.15. The number of Topliss-reactive ketones (excluding diaryl/α,β-unsaturated/α-hetero) is 1. The maximum Gasteiger partial charge on any atom is 0.261 e. The predicted molar refractivity (Wildman–Crippen MR) is 225 cm³/mol. The minimum atomic E-state index is -0.131. The van der Waals surface area contributed by atoms with Crippen LogP contribution >= 0.6 is 0 Å². The van der Waals surface area contributed by atoms with E-state index in [1.807, 2.05) is 115 Å². The number of carbonyl (C=O) groups is 3. The monoisotopic (exact) mass is 772 g/mol. The first-order chi connectivity index (χ1) is 28.2. The van der Waals surface area contributed by atoms with Crippen molar-refractivity contribution < 1.29 is 28.6 Å². The molecule has 4 aliphatic heterocycles. The van der Waals surface area contributed by atoms with Crippen molar-refractivity contribution >= 4 is 52.8 Å². The number of benzene rings is 5. The average Bonchev–Trinajstić information content (AvgIpc) is 3.71. The molecule has 0 saturated heterocycles. The number of anilines is 2. The molecule has 0 aromatic heterocycles. The molecule has 5 aromatic carbocycles. The van der Waals surface area contributed by atoms with Crippen molar-refractivity contribution in [1.82, 2.24) is 0 Å². The molecule has 0 aliphatic carbocycles. The van der Waals surface area contributed by atoms with E-state index < -0.39 is 0 Å². The van der Waals surface area contributed by atoms with Gasteiger partial charge in [0.2, 0.25) is 0 Å². The molecule has 58 heavy (non-hydrogen) atoms. The highest BCUT2D eigenvalue weighted by Gasteiger charge is 2.37. The summed E-state index contributed by atoms with van der Waals surface area (Å²) in [4.78, 5) is 52.4. The molecule has 0 radical (unpaired) electrons. The smallest absolute Gasteiger partial charge is 0.261 e. The molecule has 4 heterocycles. The zero-order valence-corrected chi connectivity index (χ0v) is 32.9. The normalized spacial score (nSPS) is 17.1. The van der Waals surface area contributed by atoms with Crippen LogP contribution in [-0.4, -0.2) is 48.7 Å². The van der Waals surface area contributed by atoms with Crippen molar-refractivity contribution in [2.24, 2.45) is 9.98 Å². The van der Waals surface area contributed by atoms with Gasteiger partial charge >= 0.3 is 0 Å². The Morgan fingerprint density at radius 2 is 1.16 bits per heavy atom. The molecule has 2 amide bonds. The van der Waals surface area contributed by atoms with Crippen LogP contribution in [-0.2, 0) is 30.8 Å². The molecular formula is C48H44N4O6. The lowest BCUT2D eigenvalue weighted by Gasteiger charge is -2.22. The minimum absolute atomic E-state index is 0.0656. The van der Waals surface area contributed by atoms with Gasteiger partial charge in [0.25, 0.3) is 11.8 Å². The van der Waals surface area contributed by atoms with Crippen molar-refractivity contribution in [3.63, 3.8) is 0 Å². The fourth-order valence-electron chi connectivity index (χ4n) is 8.37. The minimum Gasteiger partial charge on any atom is -0.494 e. The average molecular weight is 773 g/mol. The van der Waals surface area contributed by atoms with Gasteiger partial charge in [-0.3, -0.25) is 29.4 Å². The summed E-state index contributed by atoms with van der Waals surface area (Å²) >= 11 is 0. The Morgan fingerprint density at radius 3 is 1.66 bits per heavy atom. The number of hydrogen-bond acceptors (Lipinski definition) is 8. The number of ketones is 1. The number of nitrogens with zero attached hydrogens (tertiary/aromatic N) is 4. The van der Waals surface area contributed by atoms with Crippen molar-refractivity contribution in [2.45, 2.75) is 78.2 Å². The van der Waals surface area contributed by atoms with Crippen LogP contribution < -0.4 is 24.0 Å². The molecule has 10 nitrogen and oxygen atoms in total. The SMILES string of the molecule is CC(=O)CCCCOc1cc(COc2cc3c(cc2C)C(=O)N2c4ccccc4C[C@H]2C=N3)cc(COc2cc3c(cc2C)C(=O)N2c4ccccc4C[C@H]2C=N3)c1. The highest BCUT2D eigenvalue weighted by molar-refractivity contribution is 6.15. The third-order valence-corrected chi connectivity index (χ3v) is 11.3. The van der Waals surface area contributed by atoms with Crippen molar-refractivity contribution in [3.8, 4) is 17.2 Å². The van der Waals surface area contributed by atoms with Crippen LogP contribution in [0, 0.1) is 13.8 Å². The van der Waals surface area contributed by atoms with Crippen molar-refractivity contribution in [1.29, 1.82) is 0 Å². The summed E-state index contributed by atoms with van der Waals surface area (Å²) in [5, 5.41) is 0. The molecule has 0 spiro atoms. The molecule has 0 unspecified atom stereocenters. The molecule has 5 aromatic rings. The first kappa shape index (κ1) is 37.1. The maximum atomic E-state index is 13.9. The van der Waals surface area contributed by atoms with Gasteiger partial charge < -0.3 is 19.0 Å².